The smallest absolute Gasteiger partial charge is 0.307 e. The lowest BCUT2D eigenvalue weighted by molar-refractivity contribution is -0.145. The lowest BCUT2D eigenvalue weighted by Gasteiger charge is -2.21. The van der Waals surface area contributed by atoms with Crippen LogP contribution in [-0.4, -0.2) is 123 Å². The molecule has 34 heavy (non-hydrogen) atoms. The Bertz CT molecular complexity index is 534. The molecule has 0 aromatic rings. The highest BCUT2D eigenvalue weighted by Gasteiger charge is 2.10. The van der Waals surface area contributed by atoms with Crippen molar-refractivity contribution in [1.29, 1.82) is 0 Å². The van der Waals surface area contributed by atoms with Gasteiger partial charge in [0.05, 0.1) is 39.3 Å². The molecule has 2 N–H and O–H groups in total. The SMILES string of the molecule is CCOC(=O)CCN(CCO)CCO.CCOC(=O)CCN(CCOC(C)=O)CCOC(C)=O. The van der Waals surface area contributed by atoms with Crippen LogP contribution in [0.4, 0.5) is 0 Å². The van der Waals surface area contributed by atoms with E-state index in [1.54, 1.807) is 13.8 Å². The Hall–Kier alpha value is -2.28. The number of carbonyl (C=O) groups is 4. The molecule has 0 aromatic carbocycles. The number of esters is 4. The average Bonchev–Trinajstić information content (AvgIpc) is 2.76. The third-order valence-corrected chi connectivity index (χ3v) is 4.13. The van der Waals surface area contributed by atoms with Gasteiger partial charge in [-0.25, -0.2) is 0 Å². The van der Waals surface area contributed by atoms with Crippen molar-refractivity contribution >= 4 is 23.9 Å². The van der Waals surface area contributed by atoms with Gasteiger partial charge in [-0.15, -0.1) is 0 Å². The van der Waals surface area contributed by atoms with Crippen LogP contribution in [0.2, 0.25) is 0 Å². The Kier molecular flexibility index (Phi) is 23.8. The number of hydrogen-bond donors (Lipinski definition) is 2. The fourth-order valence-electron chi connectivity index (χ4n) is 2.56. The van der Waals surface area contributed by atoms with Gasteiger partial charge in [0.1, 0.15) is 13.2 Å². The molecule has 0 unspecified atom stereocenters. The molecule has 0 amide bonds. The first-order valence-corrected chi connectivity index (χ1v) is 11.4. The monoisotopic (exact) mass is 494 g/mol. The number of carbonyl (C=O) groups excluding carboxylic acids is 4. The summed E-state index contributed by atoms with van der Waals surface area (Å²) in [5, 5.41) is 17.4. The van der Waals surface area contributed by atoms with E-state index >= 15 is 0 Å². The van der Waals surface area contributed by atoms with Crippen molar-refractivity contribution in [3.63, 3.8) is 0 Å². The number of aliphatic hydroxyl groups is 2. The van der Waals surface area contributed by atoms with Gasteiger partial charge >= 0.3 is 23.9 Å². The highest BCUT2D eigenvalue weighted by atomic mass is 16.5. The second kappa shape index (κ2) is 23.9. The number of ether oxygens (including phenoxy) is 4. The molecule has 0 aliphatic carbocycles. The van der Waals surface area contributed by atoms with Crippen LogP contribution >= 0.6 is 0 Å². The lowest BCUT2D eigenvalue weighted by Crippen LogP contribution is -2.34. The minimum Gasteiger partial charge on any atom is -0.466 e. The van der Waals surface area contributed by atoms with Gasteiger partial charge < -0.3 is 29.2 Å². The van der Waals surface area contributed by atoms with Crippen molar-refractivity contribution in [2.24, 2.45) is 0 Å². The van der Waals surface area contributed by atoms with Crippen LogP contribution in [0, 0.1) is 0 Å². The summed E-state index contributed by atoms with van der Waals surface area (Å²) in [6.45, 7) is 10.3. The van der Waals surface area contributed by atoms with Crippen LogP contribution in [0.3, 0.4) is 0 Å². The Morgan fingerprint density at radius 1 is 0.588 bits per heavy atom. The minimum atomic E-state index is -0.352. The standard InChI is InChI=1S/C13H23NO6.C9H19NO4/c1-4-18-13(17)5-6-14(7-9-19-11(2)15)8-10-20-12(3)16;1-2-14-9(13)3-4-10(5-7-11)6-8-12/h4-10H2,1-3H3;11-12H,2-8H2,1H3. The van der Waals surface area contributed by atoms with Gasteiger partial charge in [-0.1, -0.05) is 0 Å². The molecule has 12 nitrogen and oxygen atoms in total. The Morgan fingerprint density at radius 2 is 0.941 bits per heavy atom. The van der Waals surface area contributed by atoms with E-state index < -0.39 is 0 Å². The molecule has 0 aliphatic rings. The highest BCUT2D eigenvalue weighted by molar-refractivity contribution is 5.69. The fourth-order valence-corrected chi connectivity index (χ4v) is 2.56. The molecule has 200 valence electrons. The molecule has 0 rings (SSSR count). The zero-order valence-electron chi connectivity index (χ0n) is 21.0. The van der Waals surface area contributed by atoms with Crippen molar-refractivity contribution in [2.75, 3.05) is 78.9 Å². The summed E-state index contributed by atoms with van der Waals surface area (Å²) < 4.78 is 19.3. The molecule has 0 atom stereocenters. The number of hydrogen-bond acceptors (Lipinski definition) is 12. The molecular formula is C22H42N2O10. The summed E-state index contributed by atoms with van der Waals surface area (Å²) in [4.78, 5) is 47.4. The van der Waals surface area contributed by atoms with E-state index in [2.05, 4.69) is 0 Å². The maximum Gasteiger partial charge on any atom is 0.307 e. The van der Waals surface area contributed by atoms with E-state index in [4.69, 9.17) is 29.2 Å². The molecule has 0 fully saturated rings. The number of rotatable bonds is 18. The summed E-state index contributed by atoms with van der Waals surface area (Å²) in [6, 6.07) is 0. The summed E-state index contributed by atoms with van der Waals surface area (Å²) in [5.74, 6) is -1.23. The minimum absolute atomic E-state index is 0.0306. The quantitative estimate of drug-likeness (QED) is 0.188. The highest BCUT2D eigenvalue weighted by Crippen LogP contribution is 1.96. The van der Waals surface area contributed by atoms with Gasteiger partial charge in [0.2, 0.25) is 0 Å². The normalized spacial score (nSPS) is 10.4. The topological polar surface area (TPSA) is 152 Å². The Morgan fingerprint density at radius 3 is 1.24 bits per heavy atom. The number of nitrogens with zero attached hydrogens (tertiary/aromatic N) is 2. The molecule has 12 heteroatoms. The second-order valence-electron chi connectivity index (χ2n) is 6.92. The third-order valence-electron chi connectivity index (χ3n) is 4.13. The zero-order valence-corrected chi connectivity index (χ0v) is 21.0. The van der Waals surface area contributed by atoms with Crippen LogP contribution < -0.4 is 0 Å². The molecule has 0 saturated heterocycles. The van der Waals surface area contributed by atoms with Gasteiger partial charge in [-0.3, -0.25) is 29.0 Å². The van der Waals surface area contributed by atoms with Crippen LogP contribution in [0.15, 0.2) is 0 Å². The van der Waals surface area contributed by atoms with Crippen molar-refractivity contribution in [2.45, 2.75) is 40.5 Å². The van der Waals surface area contributed by atoms with Gasteiger partial charge in [0.25, 0.3) is 0 Å². The largest absolute Gasteiger partial charge is 0.466 e. The van der Waals surface area contributed by atoms with Crippen molar-refractivity contribution in [3.05, 3.63) is 0 Å². The van der Waals surface area contributed by atoms with E-state index in [1.165, 1.54) is 13.8 Å². The Balaban J connectivity index is 0. The van der Waals surface area contributed by atoms with Gasteiger partial charge in [-0.2, -0.15) is 0 Å². The summed E-state index contributed by atoms with van der Waals surface area (Å²) >= 11 is 0. The van der Waals surface area contributed by atoms with E-state index in [0.29, 0.717) is 58.9 Å². The predicted octanol–water partition coefficient (Wildman–Crippen LogP) is -0.406. The summed E-state index contributed by atoms with van der Waals surface area (Å²) in [6.07, 6.45) is 0.543. The predicted molar refractivity (Wildman–Crippen MR) is 123 cm³/mol. The first-order valence-electron chi connectivity index (χ1n) is 11.4. The molecule has 0 saturated carbocycles. The van der Waals surface area contributed by atoms with Crippen LogP contribution in [-0.2, 0) is 38.1 Å². The van der Waals surface area contributed by atoms with E-state index in [9.17, 15) is 19.2 Å². The van der Waals surface area contributed by atoms with E-state index in [-0.39, 0.29) is 56.7 Å². The summed E-state index contributed by atoms with van der Waals surface area (Å²) in [5.41, 5.74) is 0. The zero-order chi connectivity index (χ0) is 26.2. The Labute approximate surface area is 202 Å². The first kappa shape index (κ1) is 33.9. The van der Waals surface area contributed by atoms with E-state index in [0.717, 1.165) is 0 Å². The maximum absolute atomic E-state index is 11.3. The van der Waals surface area contributed by atoms with Crippen molar-refractivity contribution in [3.8, 4) is 0 Å². The summed E-state index contributed by atoms with van der Waals surface area (Å²) in [7, 11) is 0. The molecule has 0 spiro atoms. The molecule has 0 aromatic heterocycles. The molecular weight excluding hydrogens is 452 g/mol. The number of aliphatic hydroxyl groups excluding tert-OH is 2. The first-order chi connectivity index (χ1) is 16.2. The van der Waals surface area contributed by atoms with Crippen LogP contribution in [0.5, 0.6) is 0 Å². The third kappa shape index (κ3) is 24.4. The average molecular weight is 495 g/mol. The van der Waals surface area contributed by atoms with Crippen molar-refractivity contribution in [1.82, 2.24) is 9.80 Å². The van der Waals surface area contributed by atoms with Gasteiger partial charge in [-0.05, 0) is 13.8 Å². The fraction of sp³-hybridized carbons (Fsp3) is 0.818. The maximum atomic E-state index is 11.3. The lowest BCUT2D eigenvalue weighted by atomic mass is 10.3. The van der Waals surface area contributed by atoms with E-state index in [1.807, 2.05) is 9.80 Å². The molecule has 0 bridgehead atoms. The van der Waals surface area contributed by atoms with Gasteiger partial charge in [0.15, 0.2) is 0 Å². The van der Waals surface area contributed by atoms with Crippen molar-refractivity contribution < 1.29 is 48.3 Å². The molecule has 0 heterocycles. The van der Waals surface area contributed by atoms with Crippen LogP contribution in [0.1, 0.15) is 40.5 Å². The molecule has 0 aliphatic heterocycles. The second-order valence-corrected chi connectivity index (χ2v) is 6.92. The van der Waals surface area contributed by atoms with Crippen LogP contribution in [0.25, 0.3) is 0 Å². The van der Waals surface area contributed by atoms with Gasteiger partial charge in [0, 0.05) is 53.1 Å². The molecule has 0 radical (unpaired) electrons.